The summed E-state index contributed by atoms with van der Waals surface area (Å²) in [6.07, 6.45) is 6.47. The molecular formula is C22H23ClN4O2. The summed E-state index contributed by atoms with van der Waals surface area (Å²) in [6, 6.07) is 9.61. The van der Waals surface area contributed by atoms with Gasteiger partial charge in [-0.25, -0.2) is 0 Å². The number of aromatic nitrogens is 2. The summed E-state index contributed by atoms with van der Waals surface area (Å²) in [5.74, 6) is -0.342. The minimum absolute atomic E-state index is 0.0191. The molecule has 1 aliphatic rings. The van der Waals surface area contributed by atoms with Gasteiger partial charge < -0.3 is 14.8 Å². The lowest BCUT2D eigenvalue weighted by atomic mass is 10.1. The Kier molecular flexibility index (Phi) is 5.53. The standard InChI is InChI=1S/C22H23ClN4O2/c1-26-13-16(19-11-18(23)2-3-20(19)26)6-9-25-22(29)17-10-21(28)27(14-17)12-15-4-7-24-8-5-15/h2-5,7-8,11,13,17H,6,9-10,12,14H2,1H3,(H,25,29). The highest BCUT2D eigenvalue weighted by molar-refractivity contribution is 6.31. The summed E-state index contributed by atoms with van der Waals surface area (Å²) in [6.45, 7) is 1.50. The van der Waals surface area contributed by atoms with Crippen LogP contribution in [0.25, 0.3) is 10.9 Å². The molecule has 0 spiro atoms. The normalized spacial score (nSPS) is 16.6. The molecule has 1 fully saturated rings. The summed E-state index contributed by atoms with van der Waals surface area (Å²) < 4.78 is 2.06. The molecule has 1 saturated heterocycles. The van der Waals surface area contributed by atoms with Crippen LogP contribution in [0.2, 0.25) is 5.02 Å². The molecular weight excluding hydrogens is 388 g/mol. The van der Waals surface area contributed by atoms with Crippen molar-refractivity contribution in [3.63, 3.8) is 0 Å². The molecule has 2 aromatic heterocycles. The smallest absolute Gasteiger partial charge is 0.225 e. The molecule has 1 aliphatic heterocycles. The lowest BCUT2D eigenvalue weighted by Crippen LogP contribution is -2.34. The maximum absolute atomic E-state index is 12.6. The third-order valence-electron chi connectivity index (χ3n) is 5.44. The zero-order chi connectivity index (χ0) is 20.4. The number of nitrogens with one attached hydrogen (secondary N) is 1. The number of amides is 2. The Morgan fingerprint density at radius 1 is 1.28 bits per heavy atom. The van der Waals surface area contributed by atoms with Gasteiger partial charge in [0.05, 0.1) is 5.92 Å². The number of halogens is 1. The van der Waals surface area contributed by atoms with E-state index < -0.39 is 0 Å². The fourth-order valence-corrected chi connectivity index (χ4v) is 4.09. The molecule has 150 valence electrons. The fourth-order valence-electron chi connectivity index (χ4n) is 3.92. The van der Waals surface area contributed by atoms with Gasteiger partial charge in [0.25, 0.3) is 0 Å². The Labute approximate surface area is 174 Å². The second-order valence-electron chi connectivity index (χ2n) is 7.50. The predicted molar refractivity (Wildman–Crippen MR) is 112 cm³/mol. The van der Waals surface area contributed by atoms with Gasteiger partial charge in [0.1, 0.15) is 0 Å². The van der Waals surface area contributed by atoms with Crippen LogP contribution in [-0.4, -0.2) is 39.4 Å². The van der Waals surface area contributed by atoms with Gasteiger partial charge in [0.15, 0.2) is 0 Å². The first-order valence-electron chi connectivity index (χ1n) is 9.69. The third kappa shape index (κ3) is 4.27. The van der Waals surface area contributed by atoms with Crippen molar-refractivity contribution in [3.05, 3.63) is 65.1 Å². The first kappa shape index (κ1) is 19.5. The molecule has 7 heteroatoms. The SMILES string of the molecule is Cn1cc(CCNC(=O)C2CC(=O)N(Cc3ccncc3)C2)c2cc(Cl)ccc21. The highest BCUT2D eigenvalue weighted by atomic mass is 35.5. The minimum Gasteiger partial charge on any atom is -0.355 e. The first-order chi connectivity index (χ1) is 14.0. The predicted octanol–water partition coefficient (Wildman–Crippen LogP) is 2.93. The van der Waals surface area contributed by atoms with E-state index in [1.165, 1.54) is 0 Å². The molecule has 1 atom stereocenters. The van der Waals surface area contributed by atoms with Crippen molar-refractivity contribution < 1.29 is 9.59 Å². The topological polar surface area (TPSA) is 67.2 Å². The van der Waals surface area contributed by atoms with Crippen LogP contribution in [0.1, 0.15) is 17.5 Å². The number of carbonyl (C=O) groups excluding carboxylic acids is 2. The van der Waals surface area contributed by atoms with Crippen LogP contribution >= 0.6 is 11.6 Å². The first-order valence-corrected chi connectivity index (χ1v) is 10.1. The summed E-state index contributed by atoms with van der Waals surface area (Å²) in [5.41, 5.74) is 3.28. The number of rotatable bonds is 6. The average molecular weight is 411 g/mol. The lowest BCUT2D eigenvalue weighted by Gasteiger charge is -2.16. The number of fused-ring (bicyclic) bond motifs is 1. The van der Waals surface area contributed by atoms with E-state index in [2.05, 4.69) is 21.1 Å². The number of hydrogen-bond acceptors (Lipinski definition) is 3. The van der Waals surface area contributed by atoms with Crippen molar-refractivity contribution in [3.8, 4) is 0 Å². The van der Waals surface area contributed by atoms with E-state index in [1.54, 1.807) is 17.3 Å². The van der Waals surface area contributed by atoms with Crippen molar-refractivity contribution in [2.45, 2.75) is 19.4 Å². The Morgan fingerprint density at radius 2 is 2.07 bits per heavy atom. The number of carbonyl (C=O) groups is 2. The molecule has 0 radical (unpaired) electrons. The van der Waals surface area contributed by atoms with Crippen LogP contribution in [0, 0.1) is 5.92 Å². The number of pyridine rings is 1. The van der Waals surface area contributed by atoms with E-state index in [0.29, 0.717) is 31.1 Å². The molecule has 1 unspecified atom stereocenters. The minimum atomic E-state index is -0.300. The van der Waals surface area contributed by atoms with Crippen molar-refractivity contribution >= 4 is 34.3 Å². The Balaban J connectivity index is 1.32. The van der Waals surface area contributed by atoms with E-state index in [0.717, 1.165) is 22.0 Å². The zero-order valence-corrected chi connectivity index (χ0v) is 17.0. The largest absolute Gasteiger partial charge is 0.355 e. The third-order valence-corrected chi connectivity index (χ3v) is 5.67. The fraction of sp³-hybridized carbons (Fsp3) is 0.318. The van der Waals surface area contributed by atoms with E-state index in [4.69, 9.17) is 11.6 Å². The van der Waals surface area contributed by atoms with E-state index in [-0.39, 0.29) is 24.2 Å². The maximum Gasteiger partial charge on any atom is 0.225 e. The monoisotopic (exact) mass is 410 g/mol. The highest BCUT2D eigenvalue weighted by Gasteiger charge is 2.34. The Hall–Kier alpha value is -2.86. The van der Waals surface area contributed by atoms with Crippen LogP contribution in [0.3, 0.4) is 0 Å². The Bertz CT molecular complexity index is 1050. The number of likely N-dealkylation sites (tertiary alicyclic amines) is 1. The maximum atomic E-state index is 12.6. The van der Waals surface area contributed by atoms with E-state index >= 15 is 0 Å². The van der Waals surface area contributed by atoms with Gasteiger partial charge in [-0.3, -0.25) is 14.6 Å². The molecule has 1 N–H and O–H groups in total. The van der Waals surface area contributed by atoms with Gasteiger partial charge in [-0.2, -0.15) is 0 Å². The molecule has 0 saturated carbocycles. The molecule has 0 bridgehead atoms. The van der Waals surface area contributed by atoms with E-state index in [9.17, 15) is 9.59 Å². The Morgan fingerprint density at radius 3 is 2.86 bits per heavy atom. The number of hydrogen-bond donors (Lipinski definition) is 1. The van der Waals surface area contributed by atoms with Gasteiger partial charge in [0, 0.05) is 67.6 Å². The highest BCUT2D eigenvalue weighted by Crippen LogP contribution is 2.25. The van der Waals surface area contributed by atoms with Crippen molar-refractivity contribution in [1.82, 2.24) is 19.8 Å². The molecule has 29 heavy (non-hydrogen) atoms. The van der Waals surface area contributed by atoms with Gasteiger partial charge in [-0.05, 0) is 47.9 Å². The molecule has 6 nitrogen and oxygen atoms in total. The number of benzene rings is 1. The van der Waals surface area contributed by atoms with Crippen LogP contribution in [0.4, 0.5) is 0 Å². The van der Waals surface area contributed by atoms with Crippen molar-refractivity contribution in [2.75, 3.05) is 13.1 Å². The molecule has 2 amide bonds. The molecule has 3 aromatic rings. The zero-order valence-electron chi connectivity index (χ0n) is 16.3. The number of aryl methyl sites for hydroxylation is 1. The van der Waals surface area contributed by atoms with Crippen molar-refractivity contribution in [2.24, 2.45) is 13.0 Å². The van der Waals surface area contributed by atoms with Crippen molar-refractivity contribution in [1.29, 1.82) is 0 Å². The quantitative estimate of drug-likeness (QED) is 0.679. The second-order valence-corrected chi connectivity index (χ2v) is 7.93. The van der Waals surface area contributed by atoms with Crippen LogP contribution in [0.15, 0.2) is 48.9 Å². The lowest BCUT2D eigenvalue weighted by molar-refractivity contribution is -0.129. The van der Waals surface area contributed by atoms with Gasteiger partial charge in [-0.1, -0.05) is 11.6 Å². The summed E-state index contributed by atoms with van der Waals surface area (Å²) in [5, 5.41) is 4.80. The molecule has 4 rings (SSSR count). The average Bonchev–Trinajstić information content (AvgIpc) is 3.22. The summed E-state index contributed by atoms with van der Waals surface area (Å²) in [4.78, 5) is 30.6. The van der Waals surface area contributed by atoms with Crippen LogP contribution in [-0.2, 0) is 29.6 Å². The van der Waals surface area contributed by atoms with Crippen LogP contribution < -0.4 is 5.32 Å². The second kappa shape index (κ2) is 8.25. The summed E-state index contributed by atoms with van der Waals surface area (Å²) in [7, 11) is 2.00. The van der Waals surface area contributed by atoms with Gasteiger partial charge >= 0.3 is 0 Å². The molecule has 1 aromatic carbocycles. The van der Waals surface area contributed by atoms with E-state index in [1.807, 2.05) is 37.4 Å². The van der Waals surface area contributed by atoms with Crippen LogP contribution in [0.5, 0.6) is 0 Å². The number of nitrogens with zero attached hydrogens (tertiary/aromatic N) is 3. The van der Waals surface area contributed by atoms with Gasteiger partial charge in [0.2, 0.25) is 11.8 Å². The summed E-state index contributed by atoms with van der Waals surface area (Å²) >= 11 is 6.14. The van der Waals surface area contributed by atoms with Gasteiger partial charge in [-0.15, -0.1) is 0 Å². The molecule has 3 heterocycles. The molecule has 0 aliphatic carbocycles.